The second-order valence-corrected chi connectivity index (χ2v) is 6.39. The van der Waals surface area contributed by atoms with Gasteiger partial charge in [0.25, 0.3) is 5.91 Å². The number of halogens is 1. The first-order valence-corrected chi connectivity index (χ1v) is 7.97. The number of hydrogen-bond donors (Lipinski definition) is 1. The predicted octanol–water partition coefficient (Wildman–Crippen LogP) is 2.04. The monoisotopic (exact) mass is 321 g/mol. The molecule has 1 N–H and O–H groups in total. The molecule has 0 aromatic heterocycles. The highest BCUT2D eigenvalue weighted by Crippen LogP contribution is 2.19. The highest BCUT2D eigenvalue weighted by molar-refractivity contribution is 6.30. The minimum Gasteiger partial charge on any atom is -0.382 e. The van der Waals surface area contributed by atoms with Gasteiger partial charge in [0.15, 0.2) is 0 Å². The zero-order chi connectivity index (χ0) is 15.5. The van der Waals surface area contributed by atoms with Crippen LogP contribution >= 0.6 is 11.6 Å². The number of benzene rings is 1. The smallest absolute Gasteiger partial charge is 0.264 e. The Morgan fingerprint density at radius 1 is 1.41 bits per heavy atom. The summed E-state index contributed by atoms with van der Waals surface area (Å²) in [4.78, 5) is 19.8. The molecule has 22 heavy (non-hydrogen) atoms. The van der Waals surface area contributed by atoms with Gasteiger partial charge in [0.1, 0.15) is 0 Å². The highest BCUT2D eigenvalue weighted by Gasteiger charge is 2.31. The Labute approximate surface area is 135 Å². The molecule has 118 valence electrons. The van der Waals surface area contributed by atoms with E-state index in [1.54, 1.807) is 0 Å². The Kier molecular flexibility index (Phi) is 4.64. The average molecular weight is 322 g/mol. The van der Waals surface area contributed by atoms with Gasteiger partial charge in [0.2, 0.25) is 6.10 Å². The molecule has 0 saturated carbocycles. The summed E-state index contributed by atoms with van der Waals surface area (Å²) in [5.74, 6) is -0.0759. The lowest BCUT2D eigenvalue weighted by molar-refractivity contribution is -0.132. The van der Waals surface area contributed by atoms with Crippen LogP contribution in [0.15, 0.2) is 29.4 Å². The molecule has 0 spiro atoms. The quantitative estimate of drug-likeness (QED) is 0.927. The van der Waals surface area contributed by atoms with E-state index in [1.165, 1.54) is 0 Å². The van der Waals surface area contributed by atoms with Crippen LogP contribution in [0, 0.1) is 0 Å². The zero-order valence-electron chi connectivity index (χ0n) is 12.6. The van der Waals surface area contributed by atoms with Crippen molar-refractivity contribution in [3.63, 3.8) is 0 Å². The topological polar surface area (TPSA) is 53.9 Å². The molecular formula is C16H20ClN3O2. The molecule has 1 fully saturated rings. The molecule has 1 saturated heterocycles. The molecule has 6 heteroatoms. The van der Waals surface area contributed by atoms with Gasteiger partial charge in [-0.3, -0.25) is 4.79 Å². The van der Waals surface area contributed by atoms with E-state index in [0.29, 0.717) is 11.4 Å². The molecule has 0 unspecified atom stereocenters. The molecule has 5 nitrogen and oxygen atoms in total. The summed E-state index contributed by atoms with van der Waals surface area (Å²) in [6.45, 7) is 1.99. The van der Waals surface area contributed by atoms with Crippen LogP contribution in [0.5, 0.6) is 0 Å². The number of oxime groups is 1. The minimum absolute atomic E-state index is 0.0759. The van der Waals surface area contributed by atoms with Crippen LogP contribution in [-0.2, 0) is 9.63 Å². The summed E-state index contributed by atoms with van der Waals surface area (Å²) in [5.41, 5.74) is 1.73. The van der Waals surface area contributed by atoms with Gasteiger partial charge in [-0.15, -0.1) is 0 Å². The zero-order valence-corrected chi connectivity index (χ0v) is 13.3. The first-order chi connectivity index (χ1) is 10.6. The van der Waals surface area contributed by atoms with Crippen LogP contribution in [0.25, 0.3) is 0 Å². The highest BCUT2D eigenvalue weighted by atomic mass is 35.5. The van der Waals surface area contributed by atoms with E-state index in [2.05, 4.69) is 22.4 Å². The number of nitrogens with one attached hydrogen (secondary N) is 1. The van der Waals surface area contributed by atoms with Crippen molar-refractivity contribution in [3.05, 3.63) is 34.9 Å². The maximum absolute atomic E-state index is 12.3. The largest absolute Gasteiger partial charge is 0.382 e. The van der Waals surface area contributed by atoms with Crippen LogP contribution < -0.4 is 5.32 Å². The van der Waals surface area contributed by atoms with Crippen molar-refractivity contribution in [2.45, 2.75) is 31.4 Å². The van der Waals surface area contributed by atoms with E-state index in [-0.39, 0.29) is 11.9 Å². The summed E-state index contributed by atoms with van der Waals surface area (Å²) in [6, 6.07) is 7.60. The Morgan fingerprint density at radius 3 is 2.91 bits per heavy atom. The average Bonchev–Trinajstić information content (AvgIpc) is 2.98. The molecule has 0 bridgehead atoms. The van der Waals surface area contributed by atoms with E-state index in [4.69, 9.17) is 16.4 Å². The molecular weight excluding hydrogens is 302 g/mol. The number of amides is 1. The molecule has 0 aliphatic carbocycles. The predicted molar refractivity (Wildman–Crippen MR) is 86.1 cm³/mol. The third kappa shape index (κ3) is 3.59. The summed E-state index contributed by atoms with van der Waals surface area (Å²) in [5, 5.41) is 7.80. The number of nitrogens with zero attached hydrogens (tertiary/aromatic N) is 2. The number of piperidine rings is 1. The van der Waals surface area contributed by atoms with Crippen LogP contribution in [0.4, 0.5) is 0 Å². The Hall–Kier alpha value is -1.59. The van der Waals surface area contributed by atoms with E-state index in [1.807, 2.05) is 24.3 Å². The van der Waals surface area contributed by atoms with Crippen molar-refractivity contribution in [1.29, 1.82) is 0 Å². The number of rotatable bonds is 3. The third-order valence-corrected chi connectivity index (χ3v) is 4.36. The molecule has 2 aliphatic heterocycles. The maximum atomic E-state index is 12.3. The van der Waals surface area contributed by atoms with E-state index in [0.717, 1.165) is 37.2 Å². The van der Waals surface area contributed by atoms with Gasteiger partial charge in [-0.25, -0.2) is 0 Å². The van der Waals surface area contributed by atoms with E-state index < -0.39 is 6.10 Å². The molecule has 0 radical (unpaired) electrons. The first-order valence-electron chi connectivity index (χ1n) is 7.59. The fourth-order valence-electron chi connectivity index (χ4n) is 2.91. The SMILES string of the molecule is CN1CCC[C@H](NC(=O)[C@@H]2CC(c3ccc(Cl)cc3)=NO2)C1. The third-order valence-electron chi connectivity index (χ3n) is 4.11. The van der Waals surface area contributed by atoms with Crippen LogP contribution in [0.1, 0.15) is 24.8 Å². The van der Waals surface area contributed by atoms with Gasteiger partial charge in [-0.1, -0.05) is 28.9 Å². The molecule has 1 aromatic carbocycles. The van der Waals surface area contributed by atoms with Crippen molar-refractivity contribution >= 4 is 23.2 Å². The lowest BCUT2D eigenvalue weighted by Crippen LogP contribution is -2.49. The van der Waals surface area contributed by atoms with Crippen molar-refractivity contribution < 1.29 is 9.63 Å². The number of likely N-dealkylation sites (N-methyl/N-ethyl adjacent to an activating group) is 1. The van der Waals surface area contributed by atoms with E-state index in [9.17, 15) is 4.79 Å². The maximum Gasteiger partial charge on any atom is 0.264 e. The number of likely N-dealkylation sites (tertiary alicyclic amines) is 1. The lowest BCUT2D eigenvalue weighted by atomic mass is 10.0. The van der Waals surface area contributed by atoms with Gasteiger partial charge in [-0.2, -0.15) is 0 Å². The second kappa shape index (κ2) is 6.67. The van der Waals surface area contributed by atoms with Crippen molar-refractivity contribution in [3.8, 4) is 0 Å². The summed E-state index contributed by atoms with van der Waals surface area (Å²) < 4.78 is 0. The normalized spacial score (nSPS) is 25.5. The molecule has 2 atom stereocenters. The van der Waals surface area contributed by atoms with Crippen molar-refractivity contribution in [2.24, 2.45) is 5.16 Å². The molecule has 2 heterocycles. The minimum atomic E-state index is -0.530. The summed E-state index contributed by atoms with van der Waals surface area (Å²) in [7, 11) is 2.08. The van der Waals surface area contributed by atoms with Gasteiger partial charge >= 0.3 is 0 Å². The fraction of sp³-hybridized carbons (Fsp3) is 0.500. The number of carbonyl (C=O) groups excluding carboxylic acids is 1. The molecule has 1 amide bonds. The summed E-state index contributed by atoms with van der Waals surface area (Å²) >= 11 is 5.88. The Bertz CT molecular complexity index is 573. The van der Waals surface area contributed by atoms with Crippen molar-refractivity contribution in [1.82, 2.24) is 10.2 Å². The molecule has 3 rings (SSSR count). The summed E-state index contributed by atoms with van der Waals surface area (Å²) in [6.07, 6.45) is 2.10. The standard InChI is InChI=1S/C16H20ClN3O2/c1-20-8-2-3-13(10-20)18-16(21)15-9-14(19-22-15)11-4-6-12(17)7-5-11/h4-7,13,15H,2-3,8-10H2,1H3,(H,18,21)/t13-,15-/m0/s1. The Balaban J connectivity index is 1.54. The van der Waals surface area contributed by atoms with Crippen LogP contribution in [0.2, 0.25) is 5.02 Å². The lowest BCUT2D eigenvalue weighted by Gasteiger charge is -2.30. The van der Waals surface area contributed by atoms with Gasteiger partial charge in [-0.05, 0) is 44.1 Å². The first kappa shape index (κ1) is 15.3. The molecule has 2 aliphatic rings. The van der Waals surface area contributed by atoms with Crippen molar-refractivity contribution in [2.75, 3.05) is 20.1 Å². The number of hydrogen-bond acceptors (Lipinski definition) is 4. The van der Waals surface area contributed by atoms with Crippen LogP contribution in [0.3, 0.4) is 0 Å². The number of carbonyl (C=O) groups is 1. The van der Waals surface area contributed by atoms with Gasteiger partial charge in [0, 0.05) is 24.0 Å². The Morgan fingerprint density at radius 2 is 2.18 bits per heavy atom. The molecule has 1 aromatic rings. The van der Waals surface area contributed by atoms with Gasteiger partial charge in [0.05, 0.1) is 5.71 Å². The van der Waals surface area contributed by atoms with E-state index >= 15 is 0 Å². The van der Waals surface area contributed by atoms with Crippen LogP contribution in [-0.4, -0.2) is 48.8 Å². The van der Waals surface area contributed by atoms with Gasteiger partial charge < -0.3 is 15.1 Å². The second-order valence-electron chi connectivity index (χ2n) is 5.95. The fourth-order valence-corrected chi connectivity index (χ4v) is 3.04.